The van der Waals surface area contributed by atoms with Gasteiger partial charge in [0.2, 0.25) is 0 Å². The number of nitrogens with zero attached hydrogens (tertiary/aromatic N) is 1. The zero-order valence-corrected chi connectivity index (χ0v) is 16.1. The normalized spacial score (nSPS) is 24.0. The molecule has 28 heavy (non-hydrogen) atoms. The van der Waals surface area contributed by atoms with Crippen LogP contribution in [-0.2, 0) is 6.54 Å². The second kappa shape index (κ2) is 7.16. The molecule has 142 valence electrons. The first-order chi connectivity index (χ1) is 13.7. The first-order valence-electron chi connectivity index (χ1n) is 10.1. The van der Waals surface area contributed by atoms with Crippen LogP contribution in [-0.4, -0.2) is 30.1 Å². The van der Waals surface area contributed by atoms with Gasteiger partial charge in [0.05, 0.1) is 0 Å². The maximum atomic E-state index is 13.4. The number of hydrogen-bond acceptors (Lipinski definition) is 2. The van der Waals surface area contributed by atoms with E-state index < -0.39 is 0 Å². The Morgan fingerprint density at radius 2 is 1.54 bits per heavy atom. The topological polar surface area (TPSA) is 15.3 Å². The first kappa shape index (κ1) is 17.6. The maximum absolute atomic E-state index is 13.4. The molecule has 2 nitrogen and oxygen atoms in total. The molecule has 0 spiro atoms. The van der Waals surface area contributed by atoms with E-state index in [1.54, 1.807) is 12.1 Å². The molecular weight excluding hydrogens is 347 g/mol. The standard InChI is InChI=1S/C25H25FN2/c1-17-5-7-19(8-6-17)20-9-11-21(12-10-20)25-23-15-28(16-24(25)27-23)14-18-3-2-4-22(26)13-18/h2-13,23-25,27H,14-16H2,1H3/t23-,24+,25?. The molecule has 3 saturated heterocycles. The Balaban J connectivity index is 1.26. The molecule has 3 heterocycles. The Kier molecular flexibility index (Phi) is 4.50. The van der Waals surface area contributed by atoms with Crippen LogP contribution in [0.5, 0.6) is 0 Å². The smallest absolute Gasteiger partial charge is 0.123 e. The number of piperazine rings is 1. The van der Waals surface area contributed by atoms with Gasteiger partial charge in [0, 0.05) is 37.6 Å². The Morgan fingerprint density at radius 1 is 0.893 bits per heavy atom. The Labute approximate surface area is 166 Å². The molecule has 0 saturated carbocycles. The van der Waals surface area contributed by atoms with Gasteiger partial charge in [-0.15, -0.1) is 0 Å². The number of rotatable bonds is 4. The highest BCUT2D eigenvalue weighted by Crippen LogP contribution is 2.38. The summed E-state index contributed by atoms with van der Waals surface area (Å²) < 4.78 is 13.4. The summed E-state index contributed by atoms with van der Waals surface area (Å²) >= 11 is 0. The van der Waals surface area contributed by atoms with Crippen molar-refractivity contribution in [1.29, 1.82) is 0 Å². The van der Waals surface area contributed by atoms with E-state index in [1.807, 2.05) is 6.07 Å². The summed E-state index contributed by atoms with van der Waals surface area (Å²) in [6.07, 6.45) is 0. The van der Waals surface area contributed by atoms with Crippen LogP contribution in [0.25, 0.3) is 11.1 Å². The van der Waals surface area contributed by atoms with Crippen molar-refractivity contribution in [3.63, 3.8) is 0 Å². The monoisotopic (exact) mass is 372 g/mol. The van der Waals surface area contributed by atoms with Gasteiger partial charge in [0.15, 0.2) is 0 Å². The number of benzene rings is 3. The molecule has 0 radical (unpaired) electrons. The van der Waals surface area contributed by atoms with E-state index >= 15 is 0 Å². The van der Waals surface area contributed by atoms with Crippen molar-refractivity contribution < 1.29 is 4.39 Å². The van der Waals surface area contributed by atoms with Gasteiger partial charge in [0.25, 0.3) is 0 Å². The lowest BCUT2D eigenvalue weighted by Gasteiger charge is -2.55. The summed E-state index contributed by atoms with van der Waals surface area (Å²) in [6, 6.07) is 25.7. The van der Waals surface area contributed by atoms with Crippen LogP contribution in [0.1, 0.15) is 22.6 Å². The van der Waals surface area contributed by atoms with Gasteiger partial charge in [-0.05, 0) is 41.3 Å². The van der Waals surface area contributed by atoms with Crippen molar-refractivity contribution in [2.45, 2.75) is 31.5 Å². The second-order valence-corrected chi connectivity index (χ2v) is 8.22. The number of fused-ring (bicyclic) bond motifs is 2. The van der Waals surface area contributed by atoms with E-state index in [1.165, 1.54) is 28.3 Å². The largest absolute Gasteiger partial charge is 0.307 e. The van der Waals surface area contributed by atoms with Crippen LogP contribution in [0.4, 0.5) is 4.39 Å². The van der Waals surface area contributed by atoms with E-state index in [0.717, 1.165) is 25.2 Å². The summed E-state index contributed by atoms with van der Waals surface area (Å²) in [4.78, 5) is 2.44. The highest BCUT2D eigenvalue weighted by atomic mass is 19.1. The van der Waals surface area contributed by atoms with Crippen LogP contribution in [0.15, 0.2) is 72.8 Å². The lowest BCUT2D eigenvalue weighted by molar-refractivity contribution is 0.0470. The zero-order chi connectivity index (χ0) is 19.1. The number of aryl methyl sites for hydroxylation is 1. The van der Waals surface area contributed by atoms with Crippen LogP contribution in [0.2, 0.25) is 0 Å². The summed E-state index contributed by atoms with van der Waals surface area (Å²) in [6.45, 7) is 4.97. The molecule has 3 fully saturated rings. The third-order valence-electron chi connectivity index (χ3n) is 6.18. The van der Waals surface area contributed by atoms with E-state index in [2.05, 4.69) is 65.7 Å². The Hall–Kier alpha value is -2.49. The second-order valence-electron chi connectivity index (χ2n) is 8.22. The van der Waals surface area contributed by atoms with Crippen LogP contribution in [0, 0.1) is 12.7 Å². The third-order valence-corrected chi connectivity index (χ3v) is 6.18. The van der Waals surface area contributed by atoms with Crippen molar-refractivity contribution in [3.05, 3.63) is 95.3 Å². The molecule has 3 aromatic carbocycles. The van der Waals surface area contributed by atoms with Crippen molar-refractivity contribution in [1.82, 2.24) is 10.2 Å². The molecule has 3 atom stereocenters. The molecule has 0 aromatic heterocycles. The van der Waals surface area contributed by atoms with Crippen LogP contribution < -0.4 is 5.32 Å². The van der Waals surface area contributed by atoms with Crippen molar-refractivity contribution in [2.24, 2.45) is 0 Å². The molecule has 3 aromatic rings. The fourth-order valence-corrected chi connectivity index (χ4v) is 4.74. The highest BCUT2D eigenvalue weighted by molar-refractivity contribution is 5.64. The van der Waals surface area contributed by atoms with E-state index in [0.29, 0.717) is 18.0 Å². The molecule has 6 rings (SSSR count). The van der Waals surface area contributed by atoms with Crippen molar-refractivity contribution >= 4 is 0 Å². The van der Waals surface area contributed by atoms with E-state index in [4.69, 9.17) is 0 Å². The SMILES string of the molecule is Cc1ccc(-c2ccc(C3[C@@H]4CN(Cc5cccc(F)c5)C[C@H]3N4)cc2)cc1. The van der Waals surface area contributed by atoms with Gasteiger partial charge >= 0.3 is 0 Å². The summed E-state index contributed by atoms with van der Waals surface area (Å²) in [7, 11) is 0. The summed E-state index contributed by atoms with van der Waals surface area (Å²) in [5, 5.41) is 3.69. The minimum Gasteiger partial charge on any atom is -0.307 e. The number of nitrogens with one attached hydrogen (secondary N) is 1. The number of halogens is 1. The zero-order valence-electron chi connectivity index (χ0n) is 16.1. The maximum Gasteiger partial charge on any atom is 0.123 e. The molecular formula is C25H25FN2. The van der Waals surface area contributed by atoms with Crippen molar-refractivity contribution in [2.75, 3.05) is 13.1 Å². The quantitative estimate of drug-likeness (QED) is 0.712. The van der Waals surface area contributed by atoms with Gasteiger partial charge in [-0.25, -0.2) is 4.39 Å². The van der Waals surface area contributed by atoms with Gasteiger partial charge in [-0.3, -0.25) is 4.90 Å². The van der Waals surface area contributed by atoms with Crippen LogP contribution >= 0.6 is 0 Å². The number of piperidine rings is 1. The lowest BCUT2D eigenvalue weighted by atomic mass is 9.74. The average molecular weight is 372 g/mol. The lowest BCUT2D eigenvalue weighted by Crippen LogP contribution is -2.71. The van der Waals surface area contributed by atoms with Gasteiger partial charge in [-0.1, -0.05) is 66.2 Å². The molecule has 0 amide bonds. The van der Waals surface area contributed by atoms with E-state index in [9.17, 15) is 4.39 Å². The van der Waals surface area contributed by atoms with Crippen molar-refractivity contribution in [3.8, 4) is 11.1 Å². The average Bonchev–Trinajstić information content (AvgIpc) is 2.69. The minimum atomic E-state index is -0.149. The minimum absolute atomic E-state index is 0.149. The molecule has 0 aliphatic carbocycles. The number of hydrogen-bond donors (Lipinski definition) is 1. The molecule has 1 unspecified atom stereocenters. The van der Waals surface area contributed by atoms with Gasteiger partial charge in [0.1, 0.15) is 5.82 Å². The van der Waals surface area contributed by atoms with E-state index in [-0.39, 0.29) is 5.82 Å². The third kappa shape index (κ3) is 3.36. The molecule has 3 heteroatoms. The first-order valence-corrected chi connectivity index (χ1v) is 10.1. The fraction of sp³-hybridized carbons (Fsp3) is 0.280. The van der Waals surface area contributed by atoms with Gasteiger partial charge in [-0.2, -0.15) is 0 Å². The summed E-state index contributed by atoms with van der Waals surface area (Å²) in [5.74, 6) is 0.431. The molecule has 3 aliphatic rings. The van der Waals surface area contributed by atoms with Gasteiger partial charge < -0.3 is 5.32 Å². The Morgan fingerprint density at radius 3 is 2.18 bits per heavy atom. The predicted molar refractivity (Wildman–Crippen MR) is 112 cm³/mol. The van der Waals surface area contributed by atoms with Crippen LogP contribution in [0.3, 0.4) is 0 Å². The molecule has 2 bridgehead atoms. The fourth-order valence-electron chi connectivity index (χ4n) is 4.74. The Bertz CT molecular complexity index is 953. The highest BCUT2D eigenvalue weighted by Gasteiger charge is 2.46. The predicted octanol–water partition coefficient (Wildman–Crippen LogP) is 4.74. The molecule has 3 aliphatic heterocycles. The molecule has 1 N–H and O–H groups in total. The summed E-state index contributed by atoms with van der Waals surface area (Å²) in [5.41, 5.74) is 6.31.